The molecule has 0 spiro atoms. The van der Waals surface area contributed by atoms with Crippen molar-refractivity contribution in [2.45, 2.75) is 13.3 Å². The fourth-order valence-corrected chi connectivity index (χ4v) is 4.32. The summed E-state index contributed by atoms with van der Waals surface area (Å²) in [6, 6.07) is 7.93. The number of anilines is 2. The maximum atomic E-state index is 14.6. The van der Waals surface area contributed by atoms with Gasteiger partial charge in [0.2, 0.25) is 0 Å². The van der Waals surface area contributed by atoms with Crippen LogP contribution >= 0.6 is 0 Å². The van der Waals surface area contributed by atoms with Gasteiger partial charge in [-0.25, -0.2) is 19.3 Å². The summed E-state index contributed by atoms with van der Waals surface area (Å²) in [6.07, 6.45) is 3.91. The fourth-order valence-electron chi connectivity index (χ4n) is 4.32. The van der Waals surface area contributed by atoms with Crippen molar-refractivity contribution in [3.8, 4) is 0 Å². The maximum Gasteiger partial charge on any atom is 0.187 e. The predicted octanol–water partition coefficient (Wildman–Crippen LogP) is 2.69. The van der Waals surface area contributed by atoms with Gasteiger partial charge in [0.05, 0.1) is 22.9 Å². The predicted molar refractivity (Wildman–Crippen MR) is 102 cm³/mol. The molecule has 0 amide bonds. The van der Waals surface area contributed by atoms with Gasteiger partial charge in [-0.3, -0.25) is 4.98 Å². The number of fused-ring (bicyclic) bond motifs is 2. The average molecular weight is 364 g/mol. The summed E-state index contributed by atoms with van der Waals surface area (Å²) in [5.74, 6) is 2.08. The van der Waals surface area contributed by atoms with E-state index in [1.54, 1.807) is 0 Å². The summed E-state index contributed by atoms with van der Waals surface area (Å²) in [5.41, 5.74) is 2.33. The van der Waals surface area contributed by atoms with Gasteiger partial charge in [-0.05, 0) is 18.6 Å². The topological polar surface area (TPSA) is 58.0 Å². The van der Waals surface area contributed by atoms with Gasteiger partial charge < -0.3 is 9.80 Å². The first-order valence-corrected chi connectivity index (χ1v) is 9.44. The Balaban J connectivity index is 1.33. The van der Waals surface area contributed by atoms with Crippen molar-refractivity contribution in [3.05, 3.63) is 48.3 Å². The number of nitrogens with zero attached hydrogens (tertiary/aromatic N) is 6. The molecule has 2 aliphatic heterocycles. The van der Waals surface area contributed by atoms with Crippen LogP contribution in [0.1, 0.15) is 12.6 Å². The van der Waals surface area contributed by atoms with Crippen molar-refractivity contribution in [1.29, 1.82) is 0 Å². The molecule has 2 aromatic heterocycles. The molecule has 0 radical (unpaired) electrons. The third-order valence-electron chi connectivity index (χ3n) is 5.72. The Bertz CT molecular complexity index is 979. The number of benzene rings is 1. The van der Waals surface area contributed by atoms with Gasteiger partial charge in [0.25, 0.3) is 0 Å². The van der Waals surface area contributed by atoms with E-state index in [0.29, 0.717) is 29.8 Å². The molecule has 0 bridgehead atoms. The maximum absolute atomic E-state index is 14.6. The van der Waals surface area contributed by atoms with Crippen molar-refractivity contribution in [3.63, 3.8) is 0 Å². The molecule has 2 aliphatic rings. The summed E-state index contributed by atoms with van der Waals surface area (Å²) < 4.78 is 14.6. The van der Waals surface area contributed by atoms with Crippen LogP contribution in [0.2, 0.25) is 0 Å². The van der Waals surface area contributed by atoms with E-state index in [1.165, 1.54) is 6.33 Å². The van der Waals surface area contributed by atoms with Crippen molar-refractivity contribution >= 4 is 22.7 Å². The minimum absolute atomic E-state index is 0.266. The molecule has 6 nitrogen and oxygen atoms in total. The Morgan fingerprint density at radius 1 is 0.963 bits per heavy atom. The van der Waals surface area contributed by atoms with E-state index in [9.17, 15) is 4.39 Å². The second-order valence-electron chi connectivity index (χ2n) is 7.36. The summed E-state index contributed by atoms with van der Waals surface area (Å²) in [4.78, 5) is 21.9. The third-order valence-corrected chi connectivity index (χ3v) is 5.72. The zero-order chi connectivity index (χ0) is 18.4. The number of aromatic nitrogens is 4. The molecule has 7 heteroatoms. The van der Waals surface area contributed by atoms with E-state index in [0.717, 1.165) is 43.0 Å². The number of para-hydroxylation sites is 2. The molecule has 5 rings (SSSR count). The van der Waals surface area contributed by atoms with Crippen LogP contribution < -0.4 is 9.80 Å². The first-order valence-electron chi connectivity index (χ1n) is 9.44. The standard InChI is InChI=1S/C20H21FN6/c1-2-15-19(21)20(24-12-23-15)27-10-13-8-26(9-14(13)11-27)18-7-22-16-5-3-4-6-17(16)25-18/h3-7,12-14H,2,8-11H2,1H3. The van der Waals surface area contributed by atoms with Gasteiger partial charge >= 0.3 is 0 Å². The van der Waals surface area contributed by atoms with Gasteiger partial charge in [0.1, 0.15) is 12.1 Å². The van der Waals surface area contributed by atoms with Crippen LogP contribution in [0.3, 0.4) is 0 Å². The minimum atomic E-state index is -0.266. The summed E-state index contributed by atoms with van der Waals surface area (Å²) in [5, 5.41) is 0. The van der Waals surface area contributed by atoms with Crippen LogP contribution in [0, 0.1) is 17.7 Å². The molecule has 0 N–H and O–H groups in total. The van der Waals surface area contributed by atoms with Gasteiger partial charge in [-0.2, -0.15) is 0 Å². The summed E-state index contributed by atoms with van der Waals surface area (Å²) in [6.45, 7) is 5.39. The van der Waals surface area contributed by atoms with Gasteiger partial charge in [0.15, 0.2) is 11.6 Å². The van der Waals surface area contributed by atoms with Crippen molar-refractivity contribution in [1.82, 2.24) is 19.9 Å². The Labute approximate surface area is 157 Å². The average Bonchev–Trinajstić information content (AvgIpc) is 3.27. The highest BCUT2D eigenvalue weighted by atomic mass is 19.1. The molecule has 3 aromatic rings. The molecular formula is C20H21FN6. The number of hydrogen-bond acceptors (Lipinski definition) is 6. The Hall–Kier alpha value is -2.83. The molecule has 0 saturated carbocycles. The molecule has 2 fully saturated rings. The summed E-state index contributed by atoms with van der Waals surface area (Å²) in [7, 11) is 0. The molecule has 138 valence electrons. The van der Waals surface area contributed by atoms with Crippen LogP contribution in [-0.2, 0) is 6.42 Å². The van der Waals surface area contributed by atoms with Gasteiger partial charge in [-0.15, -0.1) is 0 Å². The summed E-state index contributed by atoms with van der Waals surface area (Å²) >= 11 is 0. The largest absolute Gasteiger partial charge is 0.355 e. The Kier molecular flexibility index (Phi) is 3.88. The normalized spacial score (nSPS) is 21.9. The first kappa shape index (κ1) is 16.4. The molecule has 2 saturated heterocycles. The molecule has 2 unspecified atom stereocenters. The minimum Gasteiger partial charge on any atom is -0.355 e. The highest BCUT2D eigenvalue weighted by Gasteiger charge is 2.41. The van der Waals surface area contributed by atoms with Crippen molar-refractivity contribution in [2.24, 2.45) is 11.8 Å². The van der Waals surface area contributed by atoms with Crippen LogP contribution in [0.25, 0.3) is 11.0 Å². The lowest BCUT2D eigenvalue weighted by Crippen LogP contribution is -2.30. The van der Waals surface area contributed by atoms with E-state index >= 15 is 0 Å². The Morgan fingerprint density at radius 3 is 2.41 bits per heavy atom. The van der Waals surface area contributed by atoms with Crippen molar-refractivity contribution in [2.75, 3.05) is 36.0 Å². The third kappa shape index (κ3) is 2.78. The molecule has 2 atom stereocenters. The number of halogens is 1. The van der Waals surface area contributed by atoms with Crippen LogP contribution in [-0.4, -0.2) is 46.1 Å². The molecule has 27 heavy (non-hydrogen) atoms. The fraction of sp³-hybridized carbons (Fsp3) is 0.400. The molecular weight excluding hydrogens is 343 g/mol. The molecule has 4 heterocycles. The van der Waals surface area contributed by atoms with E-state index in [1.807, 2.05) is 37.4 Å². The zero-order valence-electron chi connectivity index (χ0n) is 15.2. The van der Waals surface area contributed by atoms with E-state index < -0.39 is 0 Å². The lowest BCUT2D eigenvalue weighted by molar-refractivity contribution is 0.533. The SMILES string of the molecule is CCc1ncnc(N2CC3CN(c4cnc5ccccc5n4)CC3C2)c1F. The molecule has 1 aromatic carbocycles. The Morgan fingerprint density at radius 2 is 1.67 bits per heavy atom. The lowest BCUT2D eigenvalue weighted by atomic mass is 10.0. The number of aryl methyl sites for hydroxylation is 1. The van der Waals surface area contributed by atoms with Crippen LogP contribution in [0.5, 0.6) is 0 Å². The highest BCUT2D eigenvalue weighted by Crippen LogP contribution is 2.36. The van der Waals surface area contributed by atoms with Crippen molar-refractivity contribution < 1.29 is 4.39 Å². The second-order valence-corrected chi connectivity index (χ2v) is 7.36. The zero-order valence-corrected chi connectivity index (χ0v) is 15.2. The lowest BCUT2D eigenvalue weighted by Gasteiger charge is -2.23. The van der Waals surface area contributed by atoms with E-state index in [4.69, 9.17) is 4.98 Å². The first-order chi connectivity index (χ1) is 13.2. The van der Waals surface area contributed by atoms with Gasteiger partial charge in [-0.1, -0.05) is 19.1 Å². The van der Waals surface area contributed by atoms with E-state index in [2.05, 4.69) is 24.8 Å². The van der Waals surface area contributed by atoms with Crippen LogP contribution in [0.15, 0.2) is 36.8 Å². The number of hydrogen-bond donors (Lipinski definition) is 0. The smallest absolute Gasteiger partial charge is 0.187 e. The van der Waals surface area contributed by atoms with Gasteiger partial charge in [0, 0.05) is 38.0 Å². The molecule has 0 aliphatic carbocycles. The highest BCUT2D eigenvalue weighted by molar-refractivity contribution is 5.75. The monoisotopic (exact) mass is 364 g/mol. The quantitative estimate of drug-likeness (QED) is 0.712. The number of rotatable bonds is 3. The van der Waals surface area contributed by atoms with E-state index in [-0.39, 0.29) is 5.82 Å². The van der Waals surface area contributed by atoms with Crippen LogP contribution in [0.4, 0.5) is 16.0 Å². The second kappa shape index (κ2) is 6.40.